The smallest absolute Gasteiger partial charge is 0.264 e. The van der Waals surface area contributed by atoms with Crippen molar-refractivity contribution in [3.8, 4) is 0 Å². The largest absolute Gasteiger partial charge is 0.356 e. The van der Waals surface area contributed by atoms with Gasteiger partial charge in [0, 0.05) is 13.1 Å². The van der Waals surface area contributed by atoms with E-state index in [2.05, 4.69) is 19.0 Å². The molecular weight excluding hydrogens is 352 g/mol. The third-order valence-electron chi connectivity index (χ3n) is 2.25. The van der Waals surface area contributed by atoms with Gasteiger partial charge in [-0.2, -0.15) is 16.8 Å². The van der Waals surface area contributed by atoms with Crippen LogP contribution in [0.5, 0.6) is 0 Å². The fraction of sp³-hybridized carbons (Fsp3) is 0.818. The molecule has 0 spiro atoms. The minimum Gasteiger partial charge on any atom is -0.356 e. The highest BCUT2D eigenvalue weighted by molar-refractivity contribution is 7.86. The average Bonchev–Trinajstić information content (AvgIpc) is 2.35. The number of carbonyl (C=O) groups is 2. The number of amides is 2. The Bertz CT molecular complexity index is 533. The molecule has 0 saturated carbocycles. The SMILES string of the molecule is CS(=O)(=O)OCCC(=O)NCCCNC(=O)CCOS(C)(=O)=O. The van der Waals surface area contributed by atoms with Crippen LogP contribution < -0.4 is 10.6 Å². The van der Waals surface area contributed by atoms with Gasteiger partial charge in [0.05, 0.1) is 38.6 Å². The van der Waals surface area contributed by atoms with E-state index in [1.165, 1.54) is 0 Å². The number of hydrogen-bond donors (Lipinski definition) is 2. The van der Waals surface area contributed by atoms with Crippen LogP contribution >= 0.6 is 0 Å². The Labute approximate surface area is 136 Å². The Morgan fingerprint density at radius 1 is 0.783 bits per heavy atom. The van der Waals surface area contributed by atoms with Gasteiger partial charge >= 0.3 is 0 Å². The van der Waals surface area contributed by atoms with Gasteiger partial charge in [0.25, 0.3) is 20.2 Å². The summed E-state index contributed by atoms with van der Waals surface area (Å²) in [5.74, 6) is -0.719. The first-order chi connectivity index (χ1) is 10.5. The fourth-order valence-electron chi connectivity index (χ4n) is 1.29. The second-order valence-corrected chi connectivity index (χ2v) is 7.89. The first kappa shape index (κ1) is 21.8. The van der Waals surface area contributed by atoms with Crippen molar-refractivity contribution < 1.29 is 34.8 Å². The Morgan fingerprint density at radius 3 is 1.43 bits per heavy atom. The molecule has 0 bridgehead atoms. The van der Waals surface area contributed by atoms with E-state index in [-0.39, 0.29) is 37.9 Å². The van der Waals surface area contributed by atoms with E-state index in [1.54, 1.807) is 0 Å². The van der Waals surface area contributed by atoms with Crippen LogP contribution in [0.3, 0.4) is 0 Å². The molecule has 2 amide bonds. The summed E-state index contributed by atoms with van der Waals surface area (Å²) < 4.78 is 51.5. The first-order valence-corrected chi connectivity index (χ1v) is 10.3. The summed E-state index contributed by atoms with van der Waals surface area (Å²) >= 11 is 0. The molecule has 0 unspecified atom stereocenters. The van der Waals surface area contributed by atoms with Gasteiger partial charge in [-0.1, -0.05) is 0 Å². The molecule has 2 N–H and O–H groups in total. The zero-order valence-corrected chi connectivity index (χ0v) is 14.7. The monoisotopic (exact) mass is 374 g/mol. The molecule has 0 aromatic rings. The van der Waals surface area contributed by atoms with E-state index < -0.39 is 20.2 Å². The Balaban J connectivity index is 3.57. The number of carbonyl (C=O) groups excluding carboxylic acids is 2. The maximum atomic E-state index is 11.3. The van der Waals surface area contributed by atoms with Gasteiger partial charge in [0.1, 0.15) is 0 Å². The number of rotatable bonds is 12. The van der Waals surface area contributed by atoms with Crippen LogP contribution in [0.2, 0.25) is 0 Å². The third kappa shape index (κ3) is 17.0. The average molecular weight is 374 g/mol. The van der Waals surface area contributed by atoms with Crippen molar-refractivity contribution in [2.45, 2.75) is 19.3 Å². The molecule has 0 aliphatic rings. The maximum absolute atomic E-state index is 11.3. The van der Waals surface area contributed by atoms with Crippen molar-refractivity contribution in [1.82, 2.24) is 10.6 Å². The lowest BCUT2D eigenvalue weighted by Crippen LogP contribution is -2.30. The lowest BCUT2D eigenvalue weighted by Gasteiger charge is -2.07. The Morgan fingerprint density at radius 2 is 1.13 bits per heavy atom. The molecule has 0 fully saturated rings. The van der Waals surface area contributed by atoms with E-state index in [0.29, 0.717) is 19.5 Å². The second-order valence-electron chi connectivity index (χ2n) is 4.61. The van der Waals surface area contributed by atoms with Crippen LogP contribution in [0.1, 0.15) is 19.3 Å². The normalized spacial score (nSPS) is 11.9. The summed E-state index contributed by atoms with van der Waals surface area (Å²) in [6, 6.07) is 0. The van der Waals surface area contributed by atoms with E-state index in [0.717, 1.165) is 12.5 Å². The summed E-state index contributed by atoms with van der Waals surface area (Å²) in [7, 11) is -7.10. The summed E-state index contributed by atoms with van der Waals surface area (Å²) in [4.78, 5) is 22.6. The third-order valence-corrected chi connectivity index (χ3v) is 3.44. The molecule has 0 radical (unpaired) electrons. The minimum absolute atomic E-state index is 0.0811. The van der Waals surface area contributed by atoms with Gasteiger partial charge in [-0.15, -0.1) is 0 Å². The predicted octanol–water partition coefficient (Wildman–Crippen LogP) is -1.66. The maximum Gasteiger partial charge on any atom is 0.264 e. The summed E-state index contributed by atoms with van der Waals surface area (Å²) in [6.45, 7) is 0.166. The van der Waals surface area contributed by atoms with E-state index in [9.17, 15) is 26.4 Å². The van der Waals surface area contributed by atoms with Crippen molar-refractivity contribution in [3.63, 3.8) is 0 Å². The van der Waals surface area contributed by atoms with Crippen molar-refractivity contribution in [2.75, 3.05) is 38.8 Å². The van der Waals surface area contributed by atoms with Gasteiger partial charge in [0.2, 0.25) is 11.8 Å². The van der Waals surface area contributed by atoms with Crippen LogP contribution in [-0.2, 0) is 38.2 Å². The Hall–Kier alpha value is -1.24. The van der Waals surface area contributed by atoms with Crippen LogP contribution in [-0.4, -0.2) is 67.5 Å². The van der Waals surface area contributed by atoms with Gasteiger partial charge in [-0.25, -0.2) is 0 Å². The molecule has 0 heterocycles. The first-order valence-electron chi connectivity index (χ1n) is 6.72. The van der Waals surface area contributed by atoms with Crippen molar-refractivity contribution in [3.05, 3.63) is 0 Å². The second kappa shape index (κ2) is 10.5. The molecule has 0 saturated heterocycles. The molecule has 0 aliphatic carbocycles. The Kier molecular flexibility index (Phi) is 9.95. The lowest BCUT2D eigenvalue weighted by atomic mass is 10.3. The molecule has 23 heavy (non-hydrogen) atoms. The van der Waals surface area contributed by atoms with Crippen LogP contribution in [0.4, 0.5) is 0 Å². The molecule has 0 atom stereocenters. The van der Waals surface area contributed by atoms with Crippen LogP contribution in [0, 0.1) is 0 Å². The zero-order chi connectivity index (χ0) is 17.9. The van der Waals surface area contributed by atoms with Gasteiger partial charge in [-0.3, -0.25) is 18.0 Å². The van der Waals surface area contributed by atoms with Crippen molar-refractivity contribution in [2.24, 2.45) is 0 Å². The summed E-state index contributed by atoms with van der Waals surface area (Å²) in [6.07, 6.45) is 2.10. The molecule has 0 rings (SSSR count). The minimum atomic E-state index is -3.55. The van der Waals surface area contributed by atoms with Gasteiger partial charge in [-0.05, 0) is 6.42 Å². The topological polar surface area (TPSA) is 145 Å². The van der Waals surface area contributed by atoms with E-state index in [4.69, 9.17) is 0 Å². The van der Waals surface area contributed by atoms with Gasteiger partial charge in [0.15, 0.2) is 0 Å². The lowest BCUT2D eigenvalue weighted by molar-refractivity contribution is -0.121. The quantitative estimate of drug-likeness (QED) is 0.305. The van der Waals surface area contributed by atoms with Crippen LogP contribution in [0.15, 0.2) is 0 Å². The highest BCUT2D eigenvalue weighted by Gasteiger charge is 2.07. The standard InChI is InChI=1S/C11H22N2O8S2/c1-22(16,17)20-8-4-10(14)12-6-3-7-13-11(15)5-9-21-23(2,18)19/h3-9H2,1-2H3,(H,12,14)(H,13,15). The highest BCUT2D eigenvalue weighted by atomic mass is 32.2. The van der Waals surface area contributed by atoms with Crippen molar-refractivity contribution >= 4 is 32.1 Å². The molecule has 0 aromatic carbocycles. The highest BCUT2D eigenvalue weighted by Crippen LogP contribution is 1.91. The molecule has 0 aliphatic heterocycles. The molecular formula is C11H22N2O8S2. The summed E-state index contributed by atoms with van der Waals surface area (Å²) in [5, 5.41) is 5.07. The van der Waals surface area contributed by atoms with E-state index >= 15 is 0 Å². The fourth-order valence-corrected chi connectivity index (χ4v) is 2.06. The zero-order valence-electron chi connectivity index (χ0n) is 13.0. The predicted molar refractivity (Wildman–Crippen MR) is 81.5 cm³/mol. The van der Waals surface area contributed by atoms with Gasteiger partial charge < -0.3 is 10.6 Å². The number of nitrogens with one attached hydrogen (secondary N) is 2. The molecule has 136 valence electrons. The number of hydrogen-bond acceptors (Lipinski definition) is 8. The van der Waals surface area contributed by atoms with Crippen LogP contribution in [0.25, 0.3) is 0 Å². The molecule has 0 aromatic heterocycles. The van der Waals surface area contributed by atoms with E-state index in [1.807, 2.05) is 0 Å². The molecule has 10 nitrogen and oxygen atoms in total. The molecule has 12 heteroatoms. The summed E-state index contributed by atoms with van der Waals surface area (Å²) in [5.41, 5.74) is 0. The van der Waals surface area contributed by atoms with Crippen molar-refractivity contribution in [1.29, 1.82) is 0 Å².